The highest BCUT2D eigenvalue weighted by molar-refractivity contribution is 6.30. The van der Waals surface area contributed by atoms with E-state index in [-0.39, 0.29) is 0 Å². The van der Waals surface area contributed by atoms with Crippen LogP contribution in [0, 0.1) is 5.92 Å². The number of nitrogens with zero attached hydrogens (tertiary/aromatic N) is 2. The number of aromatic nitrogens is 2. The number of ether oxygens (including phenoxy) is 1. The number of halogens is 1. The zero-order valence-electron chi connectivity index (χ0n) is 12.8. The Labute approximate surface area is 131 Å². The van der Waals surface area contributed by atoms with Crippen molar-refractivity contribution in [2.24, 2.45) is 5.92 Å². The van der Waals surface area contributed by atoms with Gasteiger partial charge in [-0.05, 0) is 30.7 Å². The number of methoxy groups -OCH3 is 1. The van der Waals surface area contributed by atoms with Gasteiger partial charge in [-0.25, -0.2) is 4.98 Å². The minimum absolute atomic E-state index is 0.626. The molecular weight excluding hydrogens is 286 g/mol. The summed E-state index contributed by atoms with van der Waals surface area (Å²) in [5.74, 6) is 2.48. The molecule has 0 aliphatic carbocycles. The topological polar surface area (TPSA) is 39.1 Å². The average molecular weight is 308 g/mol. The van der Waals surface area contributed by atoms with Crippen LogP contribution in [0.4, 0.5) is 0 Å². The molecule has 0 saturated heterocycles. The highest BCUT2D eigenvalue weighted by atomic mass is 35.5. The fourth-order valence-corrected chi connectivity index (χ4v) is 2.37. The normalized spacial score (nSPS) is 11.1. The molecule has 2 aromatic rings. The van der Waals surface area contributed by atoms with Crippen LogP contribution in [0.2, 0.25) is 5.02 Å². The summed E-state index contributed by atoms with van der Waals surface area (Å²) in [5.41, 5.74) is 1.05. The minimum atomic E-state index is 0.626. The van der Waals surface area contributed by atoms with Gasteiger partial charge in [-0.1, -0.05) is 25.4 Å². The van der Waals surface area contributed by atoms with E-state index in [1.807, 2.05) is 30.6 Å². The number of benzene rings is 1. The van der Waals surface area contributed by atoms with Gasteiger partial charge in [0.15, 0.2) is 0 Å². The molecule has 0 fully saturated rings. The molecule has 2 rings (SSSR count). The van der Waals surface area contributed by atoms with Gasteiger partial charge in [0, 0.05) is 23.0 Å². The van der Waals surface area contributed by atoms with Crippen molar-refractivity contribution in [3.63, 3.8) is 0 Å². The van der Waals surface area contributed by atoms with Gasteiger partial charge in [0.25, 0.3) is 0 Å². The van der Waals surface area contributed by atoms with Crippen molar-refractivity contribution >= 4 is 11.6 Å². The zero-order valence-corrected chi connectivity index (χ0v) is 13.5. The van der Waals surface area contributed by atoms with Crippen molar-refractivity contribution < 1.29 is 4.74 Å². The largest absolute Gasteiger partial charge is 0.496 e. The lowest BCUT2D eigenvalue weighted by Crippen LogP contribution is -2.21. The van der Waals surface area contributed by atoms with Crippen molar-refractivity contribution in [3.8, 4) is 5.75 Å². The molecule has 0 bridgehead atoms. The lowest BCUT2D eigenvalue weighted by molar-refractivity contribution is 0.408. The van der Waals surface area contributed by atoms with Crippen LogP contribution >= 0.6 is 11.6 Å². The van der Waals surface area contributed by atoms with E-state index in [9.17, 15) is 0 Å². The van der Waals surface area contributed by atoms with Gasteiger partial charge in [-0.2, -0.15) is 0 Å². The van der Waals surface area contributed by atoms with Crippen LogP contribution in [-0.2, 0) is 13.1 Å². The smallest absolute Gasteiger partial charge is 0.123 e. The summed E-state index contributed by atoms with van der Waals surface area (Å²) in [4.78, 5) is 4.41. The van der Waals surface area contributed by atoms with Crippen LogP contribution in [0.5, 0.6) is 5.75 Å². The number of nitrogens with one attached hydrogen (secondary N) is 1. The molecule has 0 radical (unpaired) electrons. The summed E-state index contributed by atoms with van der Waals surface area (Å²) < 4.78 is 7.51. The van der Waals surface area contributed by atoms with Crippen LogP contribution in [0.1, 0.15) is 25.2 Å². The van der Waals surface area contributed by atoms with Crippen molar-refractivity contribution in [1.82, 2.24) is 14.9 Å². The van der Waals surface area contributed by atoms with Crippen LogP contribution < -0.4 is 10.1 Å². The van der Waals surface area contributed by atoms with Gasteiger partial charge in [-0.15, -0.1) is 0 Å². The minimum Gasteiger partial charge on any atom is -0.496 e. The Balaban J connectivity index is 2.10. The number of hydrogen-bond donors (Lipinski definition) is 1. The Bertz CT molecular complexity index is 581. The highest BCUT2D eigenvalue weighted by Gasteiger charge is 2.08. The first-order valence-electron chi connectivity index (χ1n) is 7.13. The molecule has 0 aliphatic rings. The monoisotopic (exact) mass is 307 g/mol. The molecule has 1 heterocycles. The summed E-state index contributed by atoms with van der Waals surface area (Å²) in [6.45, 7) is 6.82. The third-order valence-electron chi connectivity index (χ3n) is 3.22. The van der Waals surface area contributed by atoms with Crippen molar-refractivity contribution in [2.75, 3.05) is 13.7 Å². The van der Waals surface area contributed by atoms with Gasteiger partial charge in [0.05, 0.1) is 20.2 Å². The molecule has 0 aliphatic heterocycles. The first kappa shape index (κ1) is 15.9. The maximum atomic E-state index is 6.08. The molecule has 0 atom stereocenters. The van der Waals surface area contributed by atoms with Crippen LogP contribution in [-0.4, -0.2) is 23.2 Å². The molecular formula is C16H22ClN3O. The Hall–Kier alpha value is -1.52. The van der Waals surface area contributed by atoms with E-state index in [1.165, 1.54) is 0 Å². The number of imidazole rings is 1. The van der Waals surface area contributed by atoms with Crippen LogP contribution in [0.3, 0.4) is 0 Å². The summed E-state index contributed by atoms with van der Waals surface area (Å²) in [7, 11) is 1.67. The van der Waals surface area contributed by atoms with E-state index < -0.39 is 0 Å². The molecule has 0 amide bonds. The standard InChI is InChI=1S/C16H22ClN3O/c1-12(2)9-18-10-16-19-6-7-20(16)11-13-8-14(17)4-5-15(13)21-3/h4-8,12,18H,9-11H2,1-3H3. The summed E-state index contributed by atoms with van der Waals surface area (Å²) in [6, 6.07) is 5.67. The van der Waals surface area contributed by atoms with Gasteiger partial charge in [-0.3, -0.25) is 0 Å². The average Bonchev–Trinajstić information content (AvgIpc) is 2.86. The van der Waals surface area contributed by atoms with Gasteiger partial charge >= 0.3 is 0 Å². The lowest BCUT2D eigenvalue weighted by Gasteiger charge is -2.13. The van der Waals surface area contributed by atoms with Crippen molar-refractivity contribution in [3.05, 3.63) is 47.0 Å². The first-order chi connectivity index (χ1) is 10.1. The van der Waals surface area contributed by atoms with E-state index in [4.69, 9.17) is 16.3 Å². The Kier molecular flexibility index (Phi) is 5.65. The summed E-state index contributed by atoms with van der Waals surface area (Å²) in [6.07, 6.45) is 3.80. The fourth-order valence-electron chi connectivity index (χ4n) is 2.18. The van der Waals surface area contributed by atoms with E-state index in [2.05, 4.69) is 28.7 Å². The van der Waals surface area contributed by atoms with Crippen LogP contribution in [0.25, 0.3) is 0 Å². The lowest BCUT2D eigenvalue weighted by atomic mass is 10.2. The molecule has 1 aromatic carbocycles. The number of hydrogen-bond acceptors (Lipinski definition) is 3. The molecule has 5 heteroatoms. The molecule has 114 valence electrons. The molecule has 21 heavy (non-hydrogen) atoms. The highest BCUT2D eigenvalue weighted by Crippen LogP contribution is 2.23. The molecule has 0 spiro atoms. The maximum Gasteiger partial charge on any atom is 0.123 e. The number of rotatable bonds is 7. The van der Waals surface area contributed by atoms with Gasteiger partial charge < -0.3 is 14.6 Å². The fraction of sp³-hybridized carbons (Fsp3) is 0.438. The first-order valence-corrected chi connectivity index (χ1v) is 7.51. The second kappa shape index (κ2) is 7.48. The molecule has 4 nitrogen and oxygen atoms in total. The predicted octanol–water partition coefficient (Wildman–Crippen LogP) is 3.34. The molecule has 0 saturated carbocycles. The zero-order chi connectivity index (χ0) is 15.2. The van der Waals surface area contributed by atoms with E-state index in [0.29, 0.717) is 17.5 Å². The third-order valence-corrected chi connectivity index (χ3v) is 3.46. The maximum absolute atomic E-state index is 6.08. The third kappa shape index (κ3) is 4.48. The molecule has 0 unspecified atom stereocenters. The Morgan fingerprint density at radius 2 is 2.19 bits per heavy atom. The van der Waals surface area contributed by atoms with E-state index >= 15 is 0 Å². The Morgan fingerprint density at radius 3 is 2.90 bits per heavy atom. The Morgan fingerprint density at radius 1 is 1.38 bits per heavy atom. The molecule has 1 N–H and O–H groups in total. The quantitative estimate of drug-likeness (QED) is 0.852. The van der Waals surface area contributed by atoms with Crippen molar-refractivity contribution in [2.45, 2.75) is 26.9 Å². The summed E-state index contributed by atoms with van der Waals surface area (Å²) >= 11 is 6.08. The van der Waals surface area contributed by atoms with Gasteiger partial charge in [0.2, 0.25) is 0 Å². The predicted molar refractivity (Wildman–Crippen MR) is 85.9 cm³/mol. The SMILES string of the molecule is COc1ccc(Cl)cc1Cn1ccnc1CNCC(C)C. The van der Waals surface area contributed by atoms with Gasteiger partial charge in [0.1, 0.15) is 11.6 Å². The van der Waals surface area contributed by atoms with E-state index in [1.54, 1.807) is 7.11 Å². The summed E-state index contributed by atoms with van der Waals surface area (Å²) in [5, 5.41) is 4.13. The van der Waals surface area contributed by atoms with Crippen LogP contribution in [0.15, 0.2) is 30.6 Å². The molecule has 1 aromatic heterocycles. The second-order valence-electron chi connectivity index (χ2n) is 5.45. The second-order valence-corrected chi connectivity index (χ2v) is 5.89. The van der Waals surface area contributed by atoms with E-state index in [0.717, 1.165) is 30.2 Å². The van der Waals surface area contributed by atoms with Crippen molar-refractivity contribution in [1.29, 1.82) is 0 Å².